The zero-order valence-corrected chi connectivity index (χ0v) is 69.6. The number of hydrogen-bond acceptors (Lipinski definition) is 11. The molecule has 0 saturated carbocycles. The molecule has 0 bridgehead atoms. The Bertz CT molecular complexity index is 7040. The van der Waals surface area contributed by atoms with Gasteiger partial charge in [0.2, 0.25) is 0 Å². The molecule has 10 aromatic heterocycles. The molecule has 0 aliphatic heterocycles. The summed E-state index contributed by atoms with van der Waals surface area (Å²) in [5, 5.41) is 7.56. The van der Waals surface area contributed by atoms with Crippen LogP contribution in [-0.4, -0.2) is 68.5 Å². The summed E-state index contributed by atoms with van der Waals surface area (Å²) >= 11 is 0. The van der Waals surface area contributed by atoms with Crippen molar-refractivity contribution in [3.63, 3.8) is 0 Å². The van der Waals surface area contributed by atoms with E-state index in [-0.39, 0.29) is 0 Å². The molecule has 0 fully saturated rings. The Kier molecular flexibility index (Phi) is 20.7. The van der Waals surface area contributed by atoms with E-state index in [4.69, 9.17) is 39.9 Å². The maximum absolute atomic E-state index is 4.95. The van der Waals surface area contributed by atoms with Crippen LogP contribution in [0, 0.1) is 0 Å². The number of hydrogen-bond donors (Lipinski definition) is 0. The van der Waals surface area contributed by atoms with Crippen LogP contribution >= 0.6 is 0 Å². The van der Waals surface area contributed by atoms with E-state index in [1.165, 1.54) is 65.4 Å². The summed E-state index contributed by atoms with van der Waals surface area (Å²) in [6.07, 6.45) is 9.10. The predicted molar refractivity (Wildman–Crippen MR) is 523 cm³/mol. The van der Waals surface area contributed by atoms with Crippen LogP contribution in [0.1, 0.15) is 0 Å². The van der Waals surface area contributed by atoms with Gasteiger partial charge >= 0.3 is 0 Å². The first-order valence-electron chi connectivity index (χ1n) is 42.8. The zero-order chi connectivity index (χ0) is 85.8. The number of para-hydroxylation sites is 6. The van der Waals surface area contributed by atoms with E-state index in [2.05, 4.69) is 314 Å². The standard InChI is InChI=1S/C39H26N4.2C38H25N5/c1-2-10-30(11-3-1)39-41-35(26-36(42-39)34-14-8-9-25-40-34)29-19-17-27(18-20-29)28-21-23-31(24-22-28)43-37-15-6-4-12-32(37)33-13-5-7-16-38(33)43;1-2-10-28(11-3-1)36-40-37(42-38(41-36)33-14-8-9-25-39-33)29-19-17-26(18-20-29)27-21-23-30(24-22-27)43-34-15-6-4-12-31(34)32-13-5-7-16-35(32)43;1-2-10-26(11-3-1)34-22-28(23-35(42-34)33-14-8-9-21-39-33)29-24-40-38(41-25-29)27-17-19-30(20-18-27)43-36-15-6-4-12-31(36)32-13-5-7-16-37(32)43/h1-26H;2*1-25H. The molecule has 129 heavy (non-hydrogen) atoms. The molecule has 0 saturated heterocycles. The van der Waals surface area contributed by atoms with Crippen molar-refractivity contribution in [2.45, 2.75) is 0 Å². The minimum absolute atomic E-state index is 0.550. The van der Waals surface area contributed by atoms with Gasteiger partial charge in [0.05, 0.1) is 67.3 Å². The zero-order valence-electron chi connectivity index (χ0n) is 69.6. The highest BCUT2D eigenvalue weighted by molar-refractivity contribution is 6.11. The maximum atomic E-state index is 4.95. The molecule has 10 heterocycles. The topological polar surface area (TPSA) is 157 Å². The molecule has 0 atom stereocenters. The monoisotopic (exact) mass is 1650 g/mol. The van der Waals surface area contributed by atoms with Gasteiger partial charge in [-0.15, -0.1) is 0 Å². The molecule has 14 nitrogen and oxygen atoms in total. The Hall–Kier alpha value is -17.8. The molecular weight excluding hydrogens is 1580 g/mol. The largest absolute Gasteiger partial charge is 0.309 e. The molecule has 0 N–H and O–H groups in total. The minimum Gasteiger partial charge on any atom is -0.309 e. The van der Waals surface area contributed by atoms with Crippen molar-refractivity contribution >= 4 is 65.4 Å². The van der Waals surface area contributed by atoms with Crippen LogP contribution in [0.2, 0.25) is 0 Å². The molecule has 24 rings (SSSR count). The molecular formula is C115H76N14. The molecule has 0 unspecified atom stereocenters. The van der Waals surface area contributed by atoms with E-state index in [0.717, 1.165) is 118 Å². The molecule has 606 valence electrons. The fourth-order valence-corrected chi connectivity index (χ4v) is 17.1. The van der Waals surface area contributed by atoms with Gasteiger partial charge in [0.15, 0.2) is 29.1 Å². The Morgan fingerprint density at radius 1 is 0.140 bits per heavy atom. The van der Waals surface area contributed by atoms with E-state index < -0.39 is 0 Å². The molecule has 0 radical (unpaired) electrons. The first-order valence-corrected chi connectivity index (χ1v) is 42.8. The van der Waals surface area contributed by atoms with Crippen molar-refractivity contribution in [3.05, 3.63) is 462 Å². The van der Waals surface area contributed by atoms with Crippen LogP contribution in [-0.2, 0) is 0 Å². The third kappa shape index (κ3) is 15.5. The van der Waals surface area contributed by atoms with Crippen molar-refractivity contribution < 1.29 is 0 Å². The molecule has 0 amide bonds. The number of aromatic nitrogens is 14. The number of nitrogens with zero attached hydrogens (tertiary/aromatic N) is 14. The average Bonchev–Trinajstić information content (AvgIpc) is 1.61. The first-order chi connectivity index (χ1) is 63.9. The van der Waals surface area contributed by atoms with Crippen molar-refractivity contribution in [3.8, 4) is 153 Å². The average molecular weight is 1650 g/mol. The summed E-state index contributed by atoms with van der Waals surface area (Å²) in [5.74, 6) is 3.15. The summed E-state index contributed by atoms with van der Waals surface area (Å²) in [5.41, 5.74) is 28.7. The van der Waals surface area contributed by atoms with Gasteiger partial charge in [-0.05, 0) is 167 Å². The lowest BCUT2D eigenvalue weighted by molar-refractivity contribution is 1.06. The van der Waals surface area contributed by atoms with Crippen LogP contribution in [0.15, 0.2) is 462 Å². The second kappa shape index (κ2) is 34.5. The molecule has 24 aromatic rings. The normalized spacial score (nSPS) is 11.3. The van der Waals surface area contributed by atoms with E-state index in [9.17, 15) is 0 Å². The van der Waals surface area contributed by atoms with E-state index in [0.29, 0.717) is 34.8 Å². The number of pyridine rings is 4. The molecule has 0 spiro atoms. The lowest BCUT2D eigenvalue weighted by atomic mass is 10.0. The summed E-state index contributed by atoms with van der Waals surface area (Å²) in [7, 11) is 0. The Balaban J connectivity index is 0.000000114. The van der Waals surface area contributed by atoms with Gasteiger partial charge in [-0.3, -0.25) is 15.0 Å². The van der Waals surface area contributed by atoms with E-state index in [1.54, 1.807) is 18.6 Å². The van der Waals surface area contributed by atoms with Crippen molar-refractivity contribution in [1.82, 2.24) is 68.5 Å². The summed E-state index contributed by atoms with van der Waals surface area (Å²) < 4.78 is 6.99. The van der Waals surface area contributed by atoms with Crippen LogP contribution in [0.25, 0.3) is 218 Å². The minimum atomic E-state index is 0.550. The molecule has 14 aromatic carbocycles. The third-order valence-electron chi connectivity index (χ3n) is 23.4. The summed E-state index contributed by atoms with van der Waals surface area (Å²) in [6.45, 7) is 0. The summed E-state index contributed by atoms with van der Waals surface area (Å²) in [6, 6.07) is 148. The number of fused-ring (bicyclic) bond motifs is 9. The maximum Gasteiger partial charge on any atom is 0.182 e. The smallest absolute Gasteiger partial charge is 0.182 e. The fraction of sp³-hybridized carbons (Fsp3) is 0. The van der Waals surface area contributed by atoms with Crippen molar-refractivity contribution in [1.29, 1.82) is 0 Å². The highest BCUT2D eigenvalue weighted by Gasteiger charge is 2.20. The van der Waals surface area contributed by atoms with Crippen molar-refractivity contribution in [2.75, 3.05) is 0 Å². The number of benzene rings is 14. The Labute approximate surface area is 743 Å². The van der Waals surface area contributed by atoms with Gasteiger partial charge in [-0.1, -0.05) is 291 Å². The van der Waals surface area contributed by atoms with Crippen molar-refractivity contribution in [2.24, 2.45) is 0 Å². The summed E-state index contributed by atoms with van der Waals surface area (Å²) in [4.78, 5) is 52.2. The van der Waals surface area contributed by atoms with Crippen LogP contribution < -0.4 is 0 Å². The van der Waals surface area contributed by atoms with E-state index in [1.807, 2.05) is 158 Å². The van der Waals surface area contributed by atoms with Gasteiger partial charge in [0, 0.05) is 119 Å². The predicted octanol–water partition coefficient (Wildman–Crippen LogP) is 27.7. The molecule has 14 heteroatoms. The van der Waals surface area contributed by atoms with Gasteiger partial charge < -0.3 is 13.7 Å². The van der Waals surface area contributed by atoms with Gasteiger partial charge in [0.1, 0.15) is 5.69 Å². The Morgan fingerprint density at radius 3 is 0.791 bits per heavy atom. The highest BCUT2D eigenvalue weighted by Crippen LogP contribution is 2.40. The van der Waals surface area contributed by atoms with Crippen LogP contribution in [0.5, 0.6) is 0 Å². The van der Waals surface area contributed by atoms with Gasteiger partial charge in [-0.25, -0.2) is 39.9 Å². The lowest BCUT2D eigenvalue weighted by Gasteiger charge is -2.11. The second-order valence-electron chi connectivity index (χ2n) is 31.3. The number of rotatable bonds is 15. The Morgan fingerprint density at radius 2 is 0.403 bits per heavy atom. The molecule has 0 aliphatic carbocycles. The lowest BCUT2D eigenvalue weighted by Crippen LogP contribution is -2.00. The van der Waals surface area contributed by atoms with Crippen LogP contribution in [0.4, 0.5) is 0 Å². The molecule has 0 aliphatic rings. The van der Waals surface area contributed by atoms with Gasteiger partial charge in [0.25, 0.3) is 0 Å². The third-order valence-corrected chi connectivity index (χ3v) is 23.4. The van der Waals surface area contributed by atoms with Gasteiger partial charge in [-0.2, -0.15) is 0 Å². The first kappa shape index (κ1) is 77.3. The van der Waals surface area contributed by atoms with Crippen LogP contribution in [0.3, 0.4) is 0 Å². The quantitative estimate of drug-likeness (QED) is 0.0962. The second-order valence-corrected chi connectivity index (χ2v) is 31.3. The van der Waals surface area contributed by atoms with E-state index >= 15 is 0 Å². The fourth-order valence-electron chi connectivity index (χ4n) is 17.1. The SMILES string of the molecule is c1ccc(-c2cc(-c3cnc(-c4ccc(-n5c6ccccc6c6ccccc65)cc4)nc3)cc(-c3ccccn3)n2)cc1.c1ccc(-c2nc(-c3ccc(-c4ccc(-n5c6ccccc6c6ccccc65)cc4)cc3)cc(-c3ccccn3)n2)cc1.c1ccc(-c2nc(-c3ccc(-c4ccc(-n5c6ccccc6c6ccccc65)cc4)cc3)nc(-c3ccccn3)n2)cc1. The highest BCUT2D eigenvalue weighted by atomic mass is 15.1.